The van der Waals surface area contributed by atoms with E-state index in [1.165, 1.54) is 11.3 Å². The zero-order valence-electron chi connectivity index (χ0n) is 18.2. The fraction of sp³-hybridized carbons (Fsp3) is 0.375. The van der Waals surface area contributed by atoms with Gasteiger partial charge >= 0.3 is 5.69 Å². The van der Waals surface area contributed by atoms with E-state index >= 15 is 0 Å². The number of imidazole rings is 1. The lowest BCUT2D eigenvalue weighted by molar-refractivity contribution is 0.203. The Kier molecular flexibility index (Phi) is 5.53. The van der Waals surface area contributed by atoms with Gasteiger partial charge in [-0.1, -0.05) is 18.2 Å². The molecule has 2 aromatic carbocycles. The molecule has 0 bridgehead atoms. The van der Waals surface area contributed by atoms with Gasteiger partial charge in [0.25, 0.3) is 0 Å². The number of fused-ring (bicyclic) bond motifs is 2. The molecule has 0 aliphatic carbocycles. The number of nitrogens with zero attached hydrogens (tertiary/aromatic N) is 4. The third-order valence-corrected chi connectivity index (χ3v) is 6.50. The topological polar surface area (TPSA) is 99.1 Å². The molecule has 32 heavy (non-hydrogen) atoms. The van der Waals surface area contributed by atoms with Crippen molar-refractivity contribution >= 4 is 33.4 Å². The van der Waals surface area contributed by atoms with Crippen LogP contribution >= 0.6 is 0 Å². The van der Waals surface area contributed by atoms with Gasteiger partial charge in [0.2, 0.25) is 0 Å². The van der Waals surface area contributed by atoms with Crippen molar-refractivity contribution in [1.82, 2.24) is 19.5 Å². The van der Waals surface area contributed by atoms with E-state index in [0.717, 1.165) is 53.7 Å². The summed E-state index contributed by atoms with van der Waals surface area (Å²) >= 11 is 0. The largest absolute Gasteiger partial charge is 0.396 e. The number of anilines is 2. The van der Waals surface area contributed by atoms with E-state index in [0.29, 0.717) is 19.0 Å². The van der Waals surface area contributed by atoms with Gasteiger partial charge in [-0.15, -0.1) is 0 Å². The minimum absolute atomic E-state index is 0.112. The Bertz CT molecular complexity index is 1300. The lowest BCUT2D eigenvalue weighted by Gasteiger charge is -2.34. The Morgan fingerprint density at radius 3 is 2.78 bits per heavy atom. The number of hydrogen-bond acceptors (Lipinski definition) is 6. The summed E-state index contributed by atoms with van der Waals surface area (Å²) in [6.45, 7) is 5.38. The molecule has 3 heterocycles. The summed E-state index contributed by atoms with van der Waals surface area (Å²) in [5.41, 5.74) is 4.75. The zero-order chi connectivity index (χ0) is 22.1. The van der Waals surface area contributed by atoms with Crippen LogP contribution in [-0.4, -0.2) is 44.3 Å². The van der Waals surface area contributed by atoms with Gasteiger partial charge in [-0.25, -0.2) is 14.8 Å². The molecule has 1 saturated heterocycles. The number of nitrogens with one attached hydrogen (secondary N) is 2. The third-order valence-electron chi connectivity index (χ3n) is 6.50. The summed E-state index contributed by atoms with van der Waals surface area (Å²) in [7, 11) is 0. The molecule has 5 rings (SSSR count). The summed E-state index contributed by atoms with van der Waals surface area (Å²) < 4.78 is 1.71. The van der Waals surface area contributed by atoms with E-state index in [1.807, 2.05) is 19.1 Å². The Morgan fingerprint density at radius 1 is 1.19 bits per heavy atom. The second-order valence-corrected chi connectivity index (χ2v) is 8.38. The summed E-state index contributed by atoms with van der Waals surface area (Å²) in [5.74, 6) is 1.16. The van der Waals surface area contributed by atoms with E-state index in [4.69, 9.17) is 0 Å². The van der Waals surface area contributed by atoms with Crippen LogP contribution in [0.5, 0.6) is 0 Å². The number of aliphatic hydroxyl groups excluding tert-OH is 1. The van der Waals surface area contributed by atoms with Gasteiger partial charge in [0.05, 0.1) is 16.6 Å². The first kappa shape index (κ1) is 20.5. The summed E-state index contributed by atoms with van der Waals surface area (Å²) in [6, 6.07) is 12.3. The monoisotopic (exact) mass is 432 g/mol. The number of aromatic nitrogens is 4. The van der Waals surface area contributed by atoms with Crippen LogP contribution in [0, 0.1) is 5.92 Å². The highest BCUT2D eigenvalue weighted by Gasteiger charge is 2.20. The number of hydrogen-bond donors (Lipinski definition) is 3. The van der Waals surface area contributed by atoms with Gasteiger partial charge in [-0.05, 0) is 49.4 Å². The number of aryl methyl sites for hydroxylation is 1. The number of piperidine rings is 1. The van der Waals surface area contributed by atoms with Crippen LogP contribution < -0.4 is 15.9 Å². The first-order valence-electron chi connectivity index (χ1n) is 11.2. The maximum Gasteiger partial charge on any atom is 0.326 e. The minimum atomic E-state index is -0.112. The van der Waals surface area contributed by atoms with Gasteiger partial charge in [-0.2, -0.15) is 0 Å². The summed E-state index contributed by atoms with van der Waals surface area (Å²) in [5, 5.41) is 13.8. The second-order valence-electron chi connectivity index (χ2n) is 8.38. The fourth-order valence-corrected chi connectivity index (χ4v) is 4.67. The van der Waals surface area contributed by atoms with Crippen molar-refractivity contribution in [1.29, 1.82) is 0 Å². The number of para-hydroxylation sites is 1. The molecule has 0 saturated carbocycles. The molecule has 3 N–H and O–H groups in total. The summed E-state index contributed by atoms with van der Waals surface area (Å²) in [4.78, 5) is 26.5. The van der Waals surface area contributed by atoms with Crippen molar-refractivity contribution in [2.45, 2.75) is 32.9 Å². The maximum atomic E-state index is 12.2. The van der Waals surface area contributed by atoms with Crippen LogP contribution in [0.3, 0.4) is 0 Å². The van der Waals surface area contributed by atoms with Crippen LogP contribution in [-0.2, 0) is 13.1 Å². The molecule has 4 aromatic rings. The van der Waals surface area contributed by atoms with Crippen molar-refractivity contribution in [2.75, 3.05) is 29.9 Å². The highest BCUT2D eigenvalue weighted by molar-refractivity contribution is 5.98. The normalized spacial score (nSPS) is 15.0. The molecule has 0 spiro atoms. The van der Waals surface area contributed by atoms with Crippen molar-refractivity contribution in [3.8, 4) is 0 Å². The lowest BCUT2D eigenvalue weighted by Crippen LogP contribution is -2.35. The molecule has 1 fully saturated rings. The standard InChI is InChI=1S/C24H28N6O2/c1-2-30-22-12-19-18(11-20(22)28-24(30)32)23(27-15-26-19)25-13-17-5-3-4-6-21(17)29-9-7-16(14-31)8-10-29/h3-6,11-12,15-16,31H,2,7-10,13-14H2,1H3,(H,28,32)(H,25,26,27). The molecule has 0 unspecified atom stereocenters. The molecule has 0 amide bonds. The van der Waals surface area contributed by atoms with Crippen molar-refractivity contribution in [3.63, 3.8) is 0 Å². The van der Waals surface area contributed by atoms with Gasteiger partial charge in [0, 0.05) is 43.9 Å². The summed E-state index contributed by atoms with van der Waals surface area (Å²) in [6.07, 6.45) is 3.59. The number of H-pyrrole nitrogens is 1. The Hall–Kier alpha value is -3.39. The average Bonchev–Trinajstić information content (AvgIpc) is 3.15. The number of benzene rings is 2. The molecule has 2 aromatic heterocycles. The molecule has 1 aliphatic heterocycles. The molecule has 0 atom stereocenters. The van der Waals surface area contributed by atoms with E-state index in [1.54, 1.807) is 10.9 Å². The minimum Gasteiger partial charge on any atom is -0.396 e. The molecule has 8 heteroatoms. The first-order chi connectivity index (χ1) is 15.7. The Morgan fingerprint density at radius 2 is 2.00 bits per heavy atom. The van der Waals surface area contributed by atoms with Crippen molar-refractivity contribution in [2.24, 2.45) is 5.92 Å². The highest BCUT2D eigenvalue weighted by Crippen LogP contribution is 2.28. The van der Waals surface area contributed by atoms with E-state index in [-0.39, 0.29) is 12.3 Å². The Labute approximate surface area is 185 Å². The van der Waals surface area contributed by atoms with Crippen LogP contribution in [0.2, 0.25) is 0 Å². The molecule has 1 aliphatic rings. The average molecular weight is 433 g/mol. The number of aliphatic hydroxyl groups is 1. The van der Waals surface area contributed by atoms with Gasteiger partial charge in [0.1, 0.15) is 12.1 Å². The quantitative estimate of drug-likeness (QED) is 0.433. The second kappa shape index (κ2) is 8.63. The van der Waals surface area contributed by atoms with Crippen LogP contribution in [0.4, 0.5) is 11.5 Å². The van der Waals surface area contributed by atoms with Crippen LogP contribution in [0.15, 0.2) is 47.5 Å². The van der Waals surface area contributed by atoms with Gasteiger partial charge < -0.3 is 20.3 Å². The van der Waals surface area contributed by atoms with Gasteiger partial charge in [-0.3, -0.25) is 4.57 Å². The Balaban J connectivity index is 1.43. The van der Waals surface area contributed by atoms with E-state index in [9.17, 15) is 9.90 Å². The predicted molar refractivity (Wildman–Crippen MR) is 127 cm³/mol. The van der Waals surface area contributed by atoms with Crippen LogP contribution in [0.25, 0.3) is 21.9 Å². The number of aromatic amines is 1. The maximum absolute atomic E-state index is 12.2. The molecule has 166 valence electrons. The zero-order valence-corrected chi connectivity index (χ0v) is 18.2. The third kappa shape index (κ3) is 3.71. The smallest absolute Gasteiger partial charge is 0.326 e. The lowest BCUT2D eigenvalue weighted by atomic mass is 9.97. The van der Waals surface area contributed by atoms with Crippen LogP contribution in [0.1, 0.15) is 25.3 Å². The molecular formula is C24H28N6O2. The SMILES string of the molecule is CCn1c(=O)[nH]c2cc3c(NCc4ccccc4N4CCC(CO)CC4)ncnc3cc21. The van der Waals surface area contributed by atoms with Gasteiger partial charge in [0.15, 0.2) is 0 Å². The molecule has 8 nitrogen and oxygen atoms in total. The molecule has 0 radical (unpaired) electrons. The molecular weight excluding hydrogens is 404 g/mol. The van der Waals surface area contributed by atoms with E-state index < -0.39 is 0 Å². The first-order valence-corrected chi connectivity index (χ1v) is 11.2. The van der Waals surface area contributed by atoms with Crippen molar-refractivity contribution < 1.29 is 5.11 Å². The number of rotatable bonds is 6. The fourth-order valence-electron chi connectivity index (χ4n) is 4.67. The predicted octanol–water partition coefficient (Wildman–Crippen LogP) is 3.11. The van der Waals surface area contributed by atoms with E-state index in [2.05, 4.69) is 49.4 Å². The van der Waals surface area contributed by atoms with Crippen molar-refractivity contribution in [3.05, 3.63) is 58.8 Å². The highest BCUT2D eigenvalue weighted by atomic mass is 16.3.